The molecule has 104 valence electrons. The summed E-state index contributed by atoms with van der Waals surface area (Å²) in [5, 5.41) is 0. The summed E-state index contributed by atoms with van der Waals surface area (Å²) in [7, 11) is 3.65. The van der Waals surface area contributed by atoms with Gasteiger partial charge in [0.05, 0.1) is 13.7 Å². The first-order chi connectivity index (χ1) is 9.02. The van der Waals surface area contributed by atoms with E-state index in [1.54, 1.807) is 7.11 Å². The highest BCUT2D eigenvalue weighted by Gasteiger charge is 2.30. The Labute approximate surface area is 114 Å². The standard InChI is InChI=1S/C15H21NO3/c1-10-7-12(8-11(2)14(10)18-4)9-16(3)13-5-6-19-15(13)17/h7-8,13H,5-6,9H2,1-4H3/t13-/m1/s1. The Morgan fingerprint density at radius 3 is 2.47 bits per heavy atom. The first-order valence-corrected chi connectivity index (χ1v) is 6.54. The quantitative estimate of drug-likeness (QED) is 0.779. The van der Waals surface area contributed by atoms with Crippen LogP contribution in [0.15, 0.2) is 12.1 Å². The molecule has 1 aromatic carbocycles. The van der Waals surface area contributed by atoms with E-state index in [1.807, 2.05) is 20.9 Å². The van der Waals surface area contributed by atoms with Crippen molar-refractivity contribution < 1.29 is 14.3 Å². The molecule has 4 nitrogen and oxygen atoms in total. The highest BCUT2D eigenvalue weighted by molar-refractivity contribution is 5.77. The van der Waals surface area contributed by atoms with E-state index < -0.39 is 0 Å². The number of hydrogen-bond donors (Lipinski definition) is 0. The van der Waals surface area contributed by atoms with Gasteiger partial charge in [-0.1, -0.05) is 12.1 Å². The van der Waals surface area contributed by atoms with Crippen molar-refractivity contribution in [1.82, 2.24) is 4.90 Å². The summed E-state index contributed by atoms with van der Waals surface area (Å²) >= 11 is 0. The van der Waals surface area contributed by atoms with Crippen molar-refractivity contribution in [2.24, 2.45) is 0 Å². The number of methoxy groups -OCH3 is 1. The number of rotatable bonds is 4. The molecule has 0 aliphatic carbocycles. The van der Waals surface area contributed by atoms with Crippen molar-refractivity contribution in [2.45, 2.75) is 32.9 Å². The molecular formula is C15H21NO3. The zero-order valence-corrected chi connectivity index (χ0v) is 12.0. The number of esters is 1. The molecule has 0 N–H and O–H groups in total. The van der Waals surface area contributed by atoms with Crippen LogP contribution in [-0.4, -0.2) is 37.7 Å². The van der Waals surface area contributed by atoms with Gasteiger partial charge in [0.25, 0.3) is 0 Å². The molecule has 4 heteroatoms. The third kappa shape index (κ3) is 2.89. The van der Waals surface area contributed by atoms with E-state index in [0.29, 0.717) is 6.61 Å². The summed E-state index contributed by atoms with van der Waals surface area (Å²) in [6, 6.07) is 4.12. The molecule has 0 aromatic heterocycles. The van der Waals surface area contributed by atoms with Crippen molar-refractivity contribution >= 4 is 5.97 Å². The summed E-state index contributed by atoms with van der Waals surface area (Å²) in [6.07, 6.45) is 0.781. The fraction of sp³-hybridized carbons (Fsp3) is 0.533. The van der Waals surface area contributed by atoms with Crippen LogP contribution in [-0.2, 0) is 16.1 Å². The predicted molar refractivity (Wildman–Crippen MR) is 73.3 cm³/mol. The van der Waals surface area contributed by atoms with Crippen LogP contribution in [0.25, 0.3) is 0 Å². The lowest BCUT2D eigenvalue weighted by atomic mass is 10.0. The van der Waals surface area contributed by atoms with Gasteiger partial charge in [0.2, 0.25) is 0 Å². The van der Waals surface area contributed by atoms with Gasteiger partial charge < -0.3 is 9.47 Å². The minimum absolute atomic E-state index is 0.107. The van der Waals surface area contributed by atoms with Gasteiger partial charge in [0.1, 0.15) is 11.8 Å². The van der Waals surface area contributed by atoms with Crippen LogP contribution in [0.5, 0.6) is 5.75 Å². The van der Waals surface area contributed by atoms with E-state index in [1.165, 1.54) is 5.56 Å². The topological polar surface area (TPSA) is 38.8 Å². The van der Waals surface area contributed by atoms with E-state index in [0.717, 1.165) is 29.8 Å². The van der Waals surface area contributed by atoms with Crippen LogP contribution in [0.3, 0.4) is 0 Å². The molecule has 1 aliphatic heterocycles. The number of ether oxygens (including phenoxy) is 2. The molecule has 1 aliphatic rings. The largest absolute Gasteiger partial charge is 0.496 e. The summed E-state index contributed by atoms with van der Waals surface area (Å²) in [5.41, 5.74) is 3.44. The Hall–Kier alpha value is -1.55. The number of hydrogen-bond acceptors (Lipinski definition) is 4. The molecule has 0 radical (unpaired) electrons. The number of nitrogens with zero attached hydrogens (tertiary/aromatic N) is 1. The maximum atomic E-state index is 11.6. The van der Waals surface area contributed by atoms with E-state index in [9.17, 15) is 4.79 Å². The summed E-state index contributed by atoms with van der Waals surface area (Å²) in [6.45, 7) is 5.36. The lowest BCUT2D eigenvalue weighted by Gasteiger charge is -2.22. The van der Waals surface area contributed by atoms with Crippen molar-refractivity contribution in [1.29, 1.82) is 0 Å². The van der Waals surface area contributed by atoms with Crippen LogP contribution in [0.1, 0.15) is 23.1 Å². The van der Waals surface area contributed by atoms with Gasteiger partial charge in [-0.3, -0.25) is 9.69 Å². The van der Waals surface area contributed by atoms with E-state index in [4.69, 9.17) is 9.47 Å². The fourth-order valence-corrected chi connectivity index (χ4v) is 2.74. The van der Waals surface area contributed by atoms with E-state index in [-0.39, 0.29) is 12.0 Å². The molecule has 0 unspecified atom stereocenters. The van der Waals surface area contributed by atoms with Crippen LogP contribution >= 0.6 is 0 Å². The van der Waals surface area contributed by atoms with Crippen molar-refractivity contribution in [3.05, 3.63) is 28.8 Å². The molecule has 1 saturated heterocycles. The molecule has 1 fully saturated rings. The SMILES string of the molecule is COc1c(C)cc(CN(C)[C@@H]2CCOC2=O)cc1C. The minimum atomic E-state index is -0.109. The second-order valence-corrected chi connectivity index (χ2v) is 5.15. The lowest BCUT2D eigenvalue weighted by molar-refractivity contribution is -0.142. The first kappa shape index (κ1) is 13.9. The number of likely N-dealkylation sites (N-methyl/N-ethyl adjacent to an activating group) is 1. The van der Waals surface area contributed by atoms with Crippen molar-refractivity contribution in [3.63, 3.8) is 0 Å². The van der Waals surface area contributed by atoms with Gasteiger partial charge in [-0.2, -0.15) is 0 Å². The minimum Gasteiger partial charge on any atom is -0.496 e. The summed E-state index contributed by atoms with van der Waals surface area (Å²) in [4.78, 5) is 13.6. The van der Waals surface area contributed by atoms with E-state index >= 15 is 0 Å². The van der Waals surface area contributed by atoms with Gasteiger partial charge >= 0.3 is 5.97 Å². The number of carbonyl (C=O) groups is 1. The average molecular weight is 263 g/mol. The van der Waals surface area contributed by atoms with E-state index in [2.05, 4.69) is 17.0 Å². The number of benzene rings is 1. The third-order valence-electron chi connectivity index (χ3n) is 3.60. The predicted octanol–water partition coefficient (Wildman–Crippen LogP) is 2.06. The second-order valence-electron chi connectivity index (χ2n) is 5.15. The van der Waals surface area contributed by atoms with Gasteiger partial charge in [0.15, 0.2) is 0 Å². The summed E-state index contributed by atoms with van der Waals surface area (Å²) in [5.74, 6) is 0.830. The maximum absolute atomic E-state index is 11.6. The molecule has 1 aromatic rings. The van der Waals surface area contributed by atoms with Gasteiger partial charge in [-0.25, -0.2) is 0 Å². The van der Waals surface area contributed by atoms with Crippen molar-refractivity contribution in [3.8, 4) is 5.75 Å². The summed E-state index contributed by atoms with van der Waals surface area (Å²) < 4.78 is 10.4. The van der Waals surface area contributed by atoms with Crippen LogP contribution in [0, 0.1) is 13.8 Å². The normalized spacial score (nSPS) is 18.8. The molecule has 2 rings (SSSR count). The highest BCUT2D eigenvalue weighted by Crippen LogP contribution is 2.25. The Kier molecular flexibility index (Phi) is 4.10. The molecule has 0 amide bonds. The smallest absolute Gasteiger partial charge is 0.323 e. The number of cyclic esters (lactones) is 1. The molecule has 19 heavy (non-hydrogen) atoms. The highest BCUT2D eigenvalue weighted by atomic mass is 16.5. The lowest BCUT2D eigenvalue weighted by Crippen LogP contribution is -2.34. The van der Waals surface area contributed by atoms with Gasteiger partial charge in [0, 0.05) is 13.0 Å². The Morgan fingerprint density at radius 1 is 1.37 bits per heavy atom. The number of aryl methyl sites for hydroxylation is 2. The molecule has 0 spiro atoms. The molecule has 0 bridgehead atoms. The molecule has 1 heterocycles. The molecule has 1 atom stereocenters. The molecule has 0 saturated carbocycles. The Balaban J connectivity index is 2.13. The maximum Gasteiger partial charge on any atom is 0.323 e. The average Bonchev–Trinajstić information content (AvgIpc) is 2.75. The van der Waals surface area contributed by atoms with Crippen LogP contribution in [0.2, 0.25) is 0 Å². The molecular weight excluding hydrogens is 242 g/mol. The van der Waals surface area contributed by atoms with Crippen molar-refractivity contribution in [2.75, 3.05) is 20.8 Å². The monoisotopic (exact) mass is 263 g/mol. The second kappa shape index (κ2) is 5.61. The van der Waals surface area contributed by atoms with Gasteiger partial charge in [-0.05, 0) is 37.6 Å². The Bertz CT molecular complexity index is 461. The Morgan fingerprint density at radius 2 is 2.00 bits per heavy atom. The van der Waals surface area contributed by atoms with Crippen LogP contribution < -0.4 is 4.74 Å². The zero-order valence-electron chi connectivity index (χ0n) is 12.0. The fourth-order valence-electron chi connectivity index (χ4n) is 2.74. The van der Waals surface area contributed by atoms with Gasteiger partial charge in [-0.15, -0.1) is 0 Å². The van der Waals surface area contributed by atoms with Crippen LogP contribution in [0.4, 0.5) is 0 Å². The first-order valence-electron chi connectivity index (χ1n) is 6.54. The third-order valence-corrected chi connectivity index (χ3v) is 3.60. The zero-order chi connectivity index (χ0) is 14.0. The number of carbonyl (C=O) groups excluding carboxylic acids is 1.